The summed E-state index contributed by atoms with van der Waals surface area (Å²) in [4.78, 5) is 12.0. The van der Waals surface area contributed by atoms with Crippen LogP contribution in [-0.2, 0) is 13.1 Å². The van der Waals surface area contributed by atoms with Crippen LogP contribution < -0.4 is 10.6 Å². The van der Waals surface area contributed by atoms with Crippen molar-refractivity contribution in [1.82, 2.24) is 9.88 Å². The summed E-state index contributed by atoms with van der Waals surface area (Å²) in [6.07, 6.45) is 1.94. The molecule has 1 heterocycles. The van der Waals surface area contributed by atoms with Gasteiger partial charge in [0.1, 0.15) is 11.6 Å². The maximum atomic E-state index is 13.6. The van der Waals surface area contributed by atoms with Crippen molar-refractivity contribution in [1.29, 1.82) is 0 Å². The molecule has 6 heteroatoms. The standard InChI is InChI=1S/C20H19F2N3O/c1-14-5-2-3-6-15(14)13-25-10-4-7-17(25)12-23-20(26)24-19-11-16(21)8-9-18(19)22/h2-11H,12-13H2,1H3,(H2,23,24,26). The molecule has 2 aromatic carbocycles. The first-order valence-electron chi connectivity index (χ1n) is 8.21. The predicted molar refractivity (Wildman–Crippen MR) is 96.9 cm³/mol. The first-order chi connectivity index (χ1) is 12.5. The number of halogens is 2. The minimum absolute atomic E-state index is 0.196. The lowest BCUT2D eigenvalue weighted by atomic mass is 10.1. The van der Waals surface area contributed by atoms with Crippen molar-refractivity contribution in [2.75, 3.05) is 5.32 Å². The van der Waals surface area contributed by atoms with Crippen molar-refractivity contribution in [3.8, 4) is 0 Å². The summed E-state index contributed by atoms with van der Waals surface area (Å²) in [5.41, 5.74) is 3.09. The SMILES string of the molecule is Cc1ccccc1Cn1cccc1CNC(=O)Nc1cc(F)ccc1F. The molecule has 3 aromatic rings. The Labute approximate surface area is 150 Å². The van der Waals surface area contributed by atoms with E-state index in [-0.39, 0.29) is 12.2 Å². The number of aromatic nitrogens is 1. The lowest BCUT2D eigenvalue weighted by Gasteiger charge is -2.13. The van der Waals surface area contributed by atoms with Gasteiger partial charge in [-0.3, -0.25) is 0 Å². The van der Waals surface area contributed by atoms with E-state index in [2.05, 4.69) is 29.7 Å². The summed E-state index contributed by atoms with van der Waals surface area (Å²) < 4.78 is 28.8. The van der Waals surface area contributed by atoms with Crippen molar-refractivity contribution in [2.45, 2.75) is 20.0 Å². The minimum atomic E-state index is -0.690. The van der Waals surface area contributed by atoms with Gasteiger partial charge in [-0.15, -0.1) is 0 Å². The first-order valence-corrected chi connectivity index (χ1v) is 8.21. The molecule has 4 nitrogen and oxygen atoms in total. The highest BCUT2D eigenvalue weighted by atomic mass is 19.1. The fourth-order valence-corrected chi connectivity index (χ4v) is 2.67. The average Bonchev–Trinajstić information content (AvgIpc) is 3.05. The summed E-state index contributed by atoms with van der Waals surface area (Å²) in [5, 5.41) is 4.98. The molecule has 0 aliphatic carbocycles. The van der Waals surface area contributed by atoms with Crippen LogP contribution in [0.5, 0.6) is 0 Å². The van der Waals surface area contributed by atoms with Crippen LogP contribution >= 0.6 is 0 Å². The van der Waals surface area contributed by atoms with Gasteiger partial charge in [0.05, 0.1) is 12.2 Å². The number of rotatable bonds is 5. The number of urea groups is 1. The van der Waals surface area contributed by atoms with Gasteiger partial charge in [-0.05, 0) is 42.3 Å². The van der Waals surface area contributed by atoms with E-state index in [1.807, 2.05) is 35.0 Å². The summed E-state index contributed by atoms with van der Waals surface area (Å²) in [7, 11) is 0. The molecule has 26 heavy (non-hydrogen) atoms. The molecule has 0 unspecified atom stereocenters. The third-order valence-electron chi connectivity index (χ3n) is 4.13. The van der Waals surface area contributed by atoms with E-state index in [1.165, 1.54) is 11.1 Å². The van der Waals surface area contributed by atoms with Gasteiger partial charge >= 0.3 is 6.03 Å². The molecule has 2 amide bonds. The highest BCUT2D eigenvalue weighted by Gasteiger charge is 2.09. The van der Waals surface area contributed by atoms with Gasteiger partial charge in [0.2, 0.25) is 0 Å². The van der Waals surface area contributed by atoms with Gasteiger partial charge < -0.3 is 15.2 Å². The zero-order valence-electron chi connectivity index (χ0n) is 14.3. The van der Waals surface area contributed by atoms with Crippen molar-refractivity contribution in [3.05, 3.63) is 89.2 Å². The molecule has 0 bridgehead atoms. The number of benzene rings is 2. The molecule has 0 saturated heterocycles. The Morgan fingerprint density at radius 3 is 2.69 bits per heavy atom. The van der Waals surface area contributed by atoms with Gasteiger partial charge in [0, 0.05) is 24.5 Å². The highest BCUT2D eigenvalue weighted by Crippen LogP contribution is 2.15. The van der Waals surface area contributed by atoms with Crippen LogP contribution in [0, 0.1) is 18.6 Å². The number of hydrogen-bond acceptors (Lipinski definition) is 1. The van der Waals surface area contributed by atoms with Crippen LogP contribution in [0.1, 0.15) is 16.8 Å². The molecular formula is C20H19F2N3O. The van der Waals surface area contributed by atoms with E-state index < -0.39 is 17.7 Å². The second-order valence-corrected chi connectivity index (χ2v) is 5.99. The van der Waals surface area contributed by atoms with Crippen LogP contribution in [0.3, 0.4) is 0 Å². The number of anilines is 1. The maximum absolute atomic E-state index is 13.6. The van der Waals surface area contributed by atoms with Crippen LogP contribution in [0.2, 0.25) is 0 Å². The van der Waals surface area contributed by atoms with Gasteiger partial charge in [-0.25, -0.2) is 13.6 Å². The molecule has 134 valence electrons. The normalized spacial score (nSPS) is 10.6. The van der Waals surface area contributed by atoms with Gasteiger partial charge in [-0.1, -0.05) is 24.3 Å². The summed E-state index contributed by atoms with van der Waals surface area (Å²) in [6, 6.07) is 14.2. The van der Waals surface area contributed by atoms with Gasteiger partial charge in [-0.2, -0.15) is 0 Å². The lowest BCUT2D eigenvalue weighted by molar-refractivity contribution is 0.251. The second-order valence-electron chi connectivity index (χ2n) is 5.99. The Morgan fingerprint density at radius 2 is 1.88 bits per heavy atom. The molecule has 0 aliphatic rings. The Hall–Kier alpha value is -3.15. The summed E-state index contributed by atoms with van der Waals surface area (Å²) >= 11 is 0. The number of amides is 2. The van der Waals surface area contributed by atoms with E-state index in [0.717, 1.165) is 23.9 Å². The Morgan fingerprint density at radius 1 is 1.08 bits per heavy atom. The fraction of sp³-hybridized carbons (Fsp3) is 0.150. The third kappa shape index (κ3) is 4.27. The largest absolute Gasteiger partial charge is 0.345 e. The first kappa shape index (κ1) is 17.7. The second kappa shape index (κ2) is 7.82. The molecule has 3 rings (SSSR count). The minimum Gasteiger partial charge on any atom is -0.345 e. The van der Waals surface area contributed by atoms with Gasteiger partial charge in [0.25, 0.3) is 0 Å². The van der Waals surface area contributed by atoms with Crippen molar-refractivity contribution < 1.29 is 13.6 Å². The monoisotopic (exact) mass is 355 g/mol. The molecule has 2 N–H and O–H groups in total. The zero-order chi connectivity index (χ0) is 18.5. The fourth-order valence-electron chi connectivity index (χ4n) is 2.67. The number of carbonyl (C=O) groups is 1. The molecule has 0 fully saturated rings. The average molecular weight is 355 g/mol. The molecule has 1 aromatic heterocycles. The molecule has 0 aliphatic heterocycles. The number of carbonyl (C=O) groups excluding carboxylic acids is 1. The molecule has 0 radical (unpaired) electrons. The lowest BCUT2D eigenvalue weighted by Crippen LogP contribution is -2.29. The van der Waals surface area contributed by atoms with Crippen LogP contribution in [0.4, 0.5) is 19.3 Å². The highest BCUT2D eigenvalue weighted by molar-refractivity contribution is 5.89. The molecular weight excluding hydrogens is 336 g/mol. The Bertz CT molecular complexity index is 921. The number of nitrogens with one attached hydrogen (secondary N) is 2. The van der Waals surface area contributed by atoms with Crippen LogP contribution in [0.25, 0.3) is 0 Å². The van der Waals surface area contributed by atoms with E-state index in [4.69, 9.17) is 0 Å². The van der Waals surface area contributed by atoms with Crippen molar-refractivity contribution in [2.24, 2.45) is 0 Å². The Balaban J connectivity index is 1.62. The molecule has 0 atom stereocenters. The van der Waals surface area contributed by atoms with E-state index in [9.17, 15) is 13.6 Å². The third-order valence-corrected chi connectivity index (χ3v) is 4.13. The topological polar surface area (TPSA) is 46.1 Å². The van der Waals surface area contributed by atoms with Crippen molar-refractivity contribution >= 4 is 11.7 Å². The Kier molecular flexibility index (Phi) is 5.31. The molecule has 0 saturated carbocycles. The summed E-state index contributed by atoms with van der Waals surface area (Å²) in [6.45, 7) is 3.01. The number of nitrogens with zero attached hydrogens (tertiary/aromatic N) is 1. The number of aryl methyl sites for hydroxylation is 1. The molecule has 0 spiro atoms. The van der Waals surface area contributed by atoms with E-state index in [1.54, 1.807) is 0 Å². The predicted octanol–water partition coefficient (Wildman–Crippen LogP) is 4.44. The zero-order valence-corrected chi connectivity index (χ0v) is 14.3. The van der Waals surface area contributed by atoms with E-state index >= 15 is 0 Å². The summed E-state index contributed by atoms with van der Waals surface area (Å²) in [5.74, 6) is -1.31. The van der Waals surface area contributed by atoms with Crippen LogP contribution in [0.15, 0.2) is 60.8 Å². The van der Waals surface area contributed by atoms with Crippen LogP contribution in [-0.4, -0.2) is 10.6 Å². The smallest absolute Gasteiger partial charge is 0.319 e. The van der Waals surface area contributed by atoms with E-state index in [0.29, 0.717) is 6.54 Å². The quantitative estimate of drug-likeness (QED) is 0.698. The number of hydrogen-bond donors (Lipinski definition) is 2. The maximum Gasteiger partial charge on any atom is 0.319 e. The van der Waals surface area contributed by atoms with Crippen molar-refractivity contribution in [3.63, 3.8) is 0 Å². The van der Waals surface area contributed by atoms with Gasteiger partial charge in [0.15, 0.2) is 0 Å².